The lowest BCUT2D eigenvalue weighted by Crippen LogP contribution is -2.02. The molecule has 0 aliphatic carbocycles. The molecule has 0 saturated carbocycles. The number of hydrogen-bond acceptors (Lipinski definition) is 4. The number of benzene rings is 1. The lowest BCUT2D eigenvalue weighted by atomic mass is 10.1. The zero-order valence-electron chi connectivity index (χ0n) is 11.8. The second-order valence-electron chi connectivity index (χ2n) is 4.06. The van der Waals surface area contributed by atoms with Gasteiger partial charge in [0, 0.05) is 23.5 Å². The van der Waals surface area contributed by atoms with Crippen molar-refractivity contribution < 1.29 is 19.4 Å². The van der Waals surface area contributed by atoms with E-state index in [0.717, 1.165) is 29.6 Å². The van der Waals surface area contributed by atoms with E-state index >= 15 is 0 Å². The molecule has 0 bridgehead atoms. The van der Waals surface area contributed by atoms with Gasteiger partial charge in [-0.25, -0.2) is 4.79 Å². The van der Waals surface area contributed by atoms with E-state index in [1.807, 2.05) is 19.2 Å². The van der Waals surface area contributed by atoms with Gasteiger partial charge in [0.2, 0.25) is 0 Å². The van der Waals surface area contributed by atoms with E-state index in [0.29, 0.717) is 19.0 Å². The summed E-state index contributed by atoms with van der Waals surface area (Å²) in [7, 11) is 0. The van der Waals surface area contributed by atoms with E-state index in [1.165, 1.54) is 6.08 Å². The molecule has 0 aliphatic rings. The van der Waals surface area contributed by atoms with Crippen molar-refractivity contribution in [3.63, 3.8) is 0 Å². The van der Waals surface area contributed by atoms with Gasteiger partial charge in [-0.2, -0.15) is 11.8 Å². The van der Waals surface area contributed by atoms with Gasteiger partial charge in [0.05, 0.1) is 13.2 Å². The summed E-state index contributed by atoms with van der Waals surface area (Å²) in [6.45, 7) is 3.26. The van der Waals surface area contributed by atoms with Crippen molar-refractivity contribution in [2.75, 3.05) is 25.2 Å². The molecule has 0 aromatic heterocycles. The molecule has 0 spiro atoms. The molecule has 0 heterocycles. The first-order valence-corrected chi connectivity index (χ1v) is 7.86. The Morgan fingerprint density at radius 1 is 1.35 bits per heavy atom. The van der Waals surface area contributed by atoms with E-state index < -0.39 is 5.97 Å². The minimum absolute atomic E-state index is 0.576. The van der Waals surface area contributed by atoms with E-state index in [2.05, 4.69) is 0 Å². The average Bonchev–Trinajstić information content (AvgIpc) is 2.44. The highest BCUT2D eigenvalue weighted by atomic mass is 32.2. The number of hydrogen-bond donors (Lipinski definition) is 1. The molecule has 1 N–H and O–H groups in total. The molecule has 0 atom stereocenters. The van der Waals surface area contributed by atoms with Crippen molar-refractivity contribution in [3.8, 4) is 11.5 Å². The summed E-state index contributed by atoms with van der Waals surface area (Å²) >= 11 is 1.69. The summed E-state index contributed by atoms with van der Waals surface area (Å²) < 4.78 is 11.2. The highest BCUT2D eigenvalue weighted by Gasteiger charge is 2.05. The van der Waals surface area contributed by atoms with Crippen molar-refractivity contribution in [1.82, 2.24) is 0 Å². The number of thioether (sulfide) groups is 1. The SMILES string of the molecule is CCCOc1ccc(/C=C/C(=O)O)c(OCCSC)c1. The molecule has 0 aliphatic heterocycles. The smallest absolute Gasteiger partial charge is 0.328 e. The Bertz CT molecular complexity index is 457. The van der Waals surface area contributed by atoms with E-state index in [-0.39, 0.29) is 0 Å². The largest absolute Gasteiger partial charge is 0.493 e. The topological polar surface area (TPSA) is 55.8 Å². The Kier molecular flexibility index (Phi) is 7.65. The molecule has 0 amide bonds. The number of carbonyl (C=O) groups is 1. The molecule has 0 fully saturated rings. The maximum absolute atomic E-state index is 10.6. The molecule has 0 radical (unpaired) electrons. The lowest BCUT2D eigenvalue weighted by Gasteiger charge is -2.11. The number of carboxylic acids is 1. The van der Waals surface area contributed by atoms with Crippen LogP contribution in [0.15, 0.2) is 24.3 Å². The van der Waals surface area contributed by atoms with Gasteiger partial charge in [-0.3, -0.25) is 0 Å². The van der Waals surface area contributed by atoms with Crippen LogP contribution in [0.3, 0.4) is 0 Å². The fourth-order valence-electron chi connectivity index (χ4n) is 1.48. The predicted octanol–water partition coefficient (Wildman–Crippen LogP) is 3.32. The summed E-state index contributed by atoms with van der Waals surface area (Å²) in [6.07, 6.45) is 5.57. The van der Waals surface area contributed by atoms with Crippen LogP contribution in [0.25, 0.3) is 6.08 Å². The lowest BCUT2D eigenvalue weighted by molar-refractivity contribution is -0.131. The summed E-state index contributed by atoms with van der Waals surface area (Å²) in [4.78, 5) is 10.6. The molecule has 1 aromatic carbocycles. The Morgan fingerprint density at radius 2 is 2.15 bits per heavy atom. The van der Waals surface area contributed by atoms with E-state index in [1.54, 1.807) is 23.9 Å². The summed E-state index contributed by atoms with van der Waals surface area (Å²) in [5.74, 6) is 1.28. The van der Waals surface area contributed by atoms with Crippen LogP contribution in [0, 0.1) is 0 Å². The van der Waals surface area contributed by atoms with Crippen LogP contribution in [-0.4, -0.2) is 36.3 Å². The minimum atomic E-state index is -0.980. The van der Waals surface area contributed by atoms with Crippen LogP contribution in [0.5, 0.6) is 11.5 Å². The van der Waals surface area contributed by atoms with Crippen LogP contribution in [0.2, 0.25) is 0 Å². The van der Waals surface area contributed by atoms with Crippen LogP contribution in [0.1, 0.15) is 18.9 Å². The zero-order chi connectivity index (χ0) is 14.8. The van der Waals surface area contributed by atoms with Gasteiger partial charge >= 0.3 is 5.97 Å². The van der Waals surface area contributed by atoms with Gasteiger partial charge in [0.25, 0.3) is 0 Å². The quantitative estimate of drug-likeness (QED) is 0.559. The molecule has 4 nitrogen and oxygen atoms in total. The average molecular weight is 296 g/mol. The molecule has 110 valence electrons. The van der Waals surface area contributed by atoms with Crippen molar-refractivity contribution in [2.24, 2.45) is 0 Å². The number of aliphatic carboxylic acids is 1. The molecular weight excluding hydrogens is 276 g/mol. The van der Waals surface area contributed by atoms with Crippen molar-refractivity contribution in [1.29, 1.82) is 0 Å². The Morgan fingerprint density at radius 3 is 2.80 bits per heavy atom. The van der Waals surface area contributed by atoms with E-state index in [9.17, 15) is 4.79 Å². The fraction of sp³-hybridized carbons (Fsp3) is 0.400. The van der Waals surface area contributed by atoms with Crippen LogP contribution < -0.4 is 9.47 Å². The fourth-order valence-corrected chi connectivity index (χ4v) is 1.73. The first kappa shape index (κ1) is 16.4. The summed E-state index contributed by atoms with van der Waals surface area (Å²) in [6, 6.07) is 5.43. The van der Waals surface area contributed by atoms with Crippen molar-refractivity contribution >= 4 is 23.8 Å². The predicted molar refractivity (Wildman–Crippen MR) is 82.8 cm³/mol. The molecule has 1 rings (SSSR count). The number of carboxylic acid groups (broad SMARTS) is 1. The van der Waals surface area contributed by atoms with E-state index in [4.69, 9.17) is 14.6 Å². The maximum atomic E-state index is 10.6. The first-order chi connectivity index (χ1) is 9.67. The second-order valence-corrected chi connectivity index (χ2v) is 5.05. The second kappa shape index (κ2) is 9.31. The molecule has 0 unspecified atom stereocenters. The summed E-state index contributed by atoms with van der Waals surface area (Å²) in [5.41, 5.74) is 0.734. The molecule has 20 heavy (non-hydrogen) atoms. The third-order valence-corrected chi connectivity index (χ3v) is 2.98. The maximum Gasteiger partial charge on any atom is 0.328 e. The Labute approximate surface area is 123 Å². The van der Waals surface area contributed by atoms with Crippen LogP contribution in [0.4, 0.5) is 0 Å². The number of rotatable bonds is 9. The van der Waals surface area contributed by atoms with Crippen LogP contribution in [-0.2, 0) is 4.79 Å². The Balaban J connectivity index is 2.87. The van der Waals surface area contributed by atoms with Crippen LogP contribution >= 0.6 is 11.8 Å². The molecular formula is C15H20O4S. The van der Waals surface area contributed by atoms with Crippen molar-refractivity contribution in [2.45, 2.75) is 13.3 Å². The highest BCUT2D eigenvalue weighted by molar-refractivity contribution is 7.98. The summed E-state index contributed by atoms with van der Waals surface area (Å²) in [5, 5.41) is 8.69. The zero-order valence-corrected chi connectivity index (χ0v) is 12.6. The van der Waals surface area contributed by atoms with Crippen molar-refractivity contribution in [3.05, 3.63) is 29.8 Å². The highest BCUT2D eigenvalue weighted by Crippen LogP contribution is 2.26. The monoisotopic (exact) mass is 296 g/mol. The standard InChI is InChI=1S/C15H20O4S/c1-3-8-18-13-6-4-12(5-7-15(16)17)14(11-13)19-9-10-20-2/h4-7,11H,3,8-10H2,1-2H3,(H,16,17)/b7-5+. The molecule has 5 heteroatoms. The normalized spacial score (nSPS) is 10.7. The van der Waals surface area contributed by atoms with Gasteiger partial charge in [-0.1, -0.05) is 6.92 Å². The first-order valence-electron chi connectivity index (χ1n) is 6.47. The van der Waals surface area contributed by atoms with Gasteiger partial charge in [0.1, 0.15) is 11.5 Å². The van der Waals surface area contributed by atoms with Gasteiger partial charge < -0.3 is 14.6 Å². The molecule has 0 saturated heterocycles. The van der Waals surface area contributed by atoms with Gasteiger partial charge in [-0.15, -0.1) is 0 Å². The molecule has 1 aromatic rings. The van der Waals surface area contributed by atoms with Gasteiger partial charge in [0.15, 0.2) is 0 Å². The third kappa shape index (κ3) is 6.02. The minimum Gasteiger partial charge on any atom is -0.493 e. The number of ether oxygens (including phenoxy) is 2. The third-order valence-electron chi connectivity index (χ3n) is 2.41. The van der Waals surface area contributed by atoms with Gasteiger partial charge in [-0.05, 0) is 30.9 Å². The Hall–Kier alpha value is -1.62.